The molecule has 0 spiro atoms. The van der Waals surface area contributed by atoms with Crippen molar-refractivity contribution in [1.29, 1.82) is 0 Å². The Balaban J connectivity index is 1.72. The summed E-state index contributed by atoms with van der Waals surface area (Å²) < 4.78 is 0. The normalized spacial score (nSPS) is 18.7. The van der Waals surface area contributed by atoms with Crippen LogP contribution < -0.4 is 16.0 Å². The van der Waals surface area contributed by atoms with E-state index in [9.17, 15) is 14.4 Å². The number of nitrogens with two attached hydrogens (primary N) is 1. The van der Waals surface area contributed by atoms with Gasteiger partial charge in [0.15, 0.2) is 0 Å². The Morgan fingerprint density at radius 3 is 2.38 bits per heavy atom. The lowest BCUT2D eigenvalue weighted by atomic mass is 9.81. The number of rotatable bonds is 13. The molecule has 7 heteroatoms. The van der Waals surface area contributed by atoms with Crippen molar-refractivity contribution < 1.29 is 14.4 Å². The van der Waals surface area contributed by atoms with Crippen molar-refractivity contribution in [3.05, 3.63) is 65.7 Å². The van der Waals surface area contributed by atoms with Crippen LogP contribution >= 0.6 is 0 Å². The highest BCUT2D eigenvalue weighted by Gasteiger charge is 2.38. The molecule has 208 valence electrons. The van der Waals surface area contributed by atoms with Crippen molar-refractivity contribution in [1.82, 2.24) is 5.32 Å². The van der Waals surface area contributed by atoms with Crippen LogP contribution in [-0.4, -0.2) is 36.1 Å². The molecule has 4 rings (SSSR count). The molecular formula is C32H42N4O3. The maximum atomic E-state index is 14.1. The minimum atomic E-state index is -1.10. The van der Waals surface area contributed by atoms with E-state index in [0.29, 0.717) is 31.0 Å². The molecular weight excluding hydrogens is 488 g/mol. The first-order valence-electron chi connectivity index (χ1n) is 14.4. The highest BCUT2D eigenvalue weighted by Crippen LogP contribution is 2.35. The predicted molar refractivity (Wildman–Crippen MR) is 155 cm³/mol. The molecule has 1 aliphatic carbocycles. The first-order valence-corrected chi connectivity index (χ1v) is 14.4. The zero-order valence-corrected chi connectivity index (χ0v) is 23.4. The van der Waals surface area contributed by atoms with E-state index in [1.165, 1.54) is 12.8 Å². The molecule has 3 amide bonds. The van der Waals surface area contributed by atoms with E-state index < -0.39 is 23.9 Å². The molecule has 3 atom stereocenters. The molecule has 7 nitrogen and oxygen atoms in total. The first kappa shape index (κ1) is 28.5. The monoisotopic (exact) mass is 530 g/mol. The molecule has 1 aliphatic heterocycles. The minimum Gasteiger partial charge on any atom is -0.369 e. The summed E-state index contributed by atoms with van der Waals surface area (Å²) in [6.07, 6.45) is 4.96. The highest BCUT2D eigenvalue weighted by atomic mass is 16.2. The van der Waals surface area contributed by atoms with Gasteiger partial charge in [0, 0.05) is 29.5 Å². The standard InChI is InChI=1S/C32H42N4O3/c1-4-5-13-24(29(33)37)26(20-21(2)3)31(38)35-30-32(39)36(19-18-22-16-17-22)27-15-10-9-14-25(27)28(34-30)23-11-7-6-8-12-23/h6-12,14-15,21-22,24,26,30H,4-5,13,16-20H2,1-3H3,(H2,33,37)(H,35,38)/t24-,26+,30?/m0/s1. The summed E-state index contributed by atoms with van der Waals surface area (Å²) in [5.74, 6) is -1.46. The van der Waals surface area contributed by atoms with Crippen molar-refractivity contribution in [2.45, 2.75) is 71.9 Å². The van der Waals surface area contributed by atoms with E-state index in [4.69, 9.17) is 10.7 Å². The third kappa shape index (κ3) is 7.14. The summed E-state index contributed by atoms with van der Waals surface area (Å²) in [5, 5.41) is 2.97. The van der Waals surface area contributed by atoms with Gasteiger partial charge in [0.25, 0.3) is 5.91 Å². The summed E-state index contributed by atoms with van der Waals surface area (Å²) in [6, 6.07) is 17.6. The fourth-order valence-corrected chi connectivity index (χ4v) is 5.47. The minimum absolute atomic E-state index is 0.178. The predicted octanol–water partition coefficient (Wildman–Crippen LogP) is 5.07. The number of hydrogen-bond acceptors (Lipinski definition) is 4. The summed E-state index contributed by atoms with van der Waals surface area (Å²) in [5.41, 5.74) is 9.01. The second-order valence-electron chi connectivity index (χ2n) is 11.4. The summed E-state index contributed by atoms with van der Waals surface area (Å²) >= 11 is 0. The molecule has 3 N–H and O–H groups in total. The summed E-state index contributed by atoms with van der Waals surface area (Å²) in [6.45, 7) is 6.67. The molecule has 2 aliphatic rings. The number of aliphatic imine (C=N–C) groups is 1. The number of nitrogens with one attached hydrogen (secondary N) is 1. The van der Waals surface area contributed by atoms with Gasteiger partial charge in [0.05, 0.1) is 11.4 Å². The highest BCUT2D eigenvalue weighted by molar-refractivity contribution is 6.20. The second-order valence-corrected chi connectivity index (χ2v) is 11.4. The smallest absolute Gasteiger partial charge is 0.272 e. The number of anilines is 1. The van der Waals surface area contributed by atoms with Gasteiger partial charge in [-0.15, -0.1) is 0 Å². The van der Waals surface area contributed by atoms with Crippen molar-refractivity contribution in [3.63, 3.8) is 0 Å². The maximum Gasteiger partial charge on any atom is 0.272 e. The van der Waals surface area contributed by atoms with Crippen LogP contribution in [0, 0.1) is 23.7 Å². The number of carbonyl (C=O) groups excluding carboxylic acids is 3. The van der Waals surface area contributed by atoms with E-state index in [0.717, 1.165) is 36.1 Å². The van der Waals surface area contributed by atoms with Crippen LogP contribution in [0.1, 0.15) is 76.8 Å². The van der Waals surface area contributed by atoms with Crippen molar-refractivity contribution in [3.8, 4) is 0 Å². The molecule has 0 saturated heterocycles. The van der Waals surface area contributed by atoms with Gasteiger partial charge in [0.2, 0.25) is 18.0 Å². The number of benzodiazepines with no additional fused rings is 1. The number of carbonyl (C=O) groups is 3. The molecule has 2 aromatic rings. The molecule has 1 saturated carbocycles. The van der Waals surface area contributed by atoms with Crippen LogP contribution in [0.15, 0.2) is 59.6 Å². The van der Waals surface area contributed by atoms with Crippen molar-refractivity contribution >= 4 is 29.1 Å². The van der Waals surface area contributed by atoms with Crippen molar-refractivity contribution in [2.75, 3.05) is 11.4 Å². The number of benzene rings is 2. The van der Waals surface area contributed by atoms with Crippen LogP contribution in [0.25, 0.3) is 0 Å². The third-order valence-electron chi connectivity index (χ3n) is 7.77. The van der Waals surface area contributed by atoms with Gasteiger partial charge in [-0.05, 0) is 37.2 Å². The van der Waals surface area contributed by atoms with Gasteiger partial charge in [-0.3, -0.25) is 14.4 Å². The largest absolute Gasteiger partial charge is 0.369 e. The SMILES string of the molecule is CCCC[C@H](C(N)=O)[C@@H](CC(C)C)C(=O)NC1N=C(c2ccccc2)c2ccccc2N(CCC2CC2)C1=O. The summed E-state index contributed by atoms with van der Waals surface area (Å²) in [4.78, 5) is 47.1. The lowest BCUT2D eigenvalue weighted by molar-refractivity contribution is -0.136. The molecule has 39 heavy (non-hydrogen) atoms. The van der Waals surface area contributed by atoms with Gasteiger partial charge in [-0.25, -0.2) is 4.99 Å². The van der Waals surface area contributed by atoms with Crippen LogP contribution in [-0.2, 0) is 14.4 Å². The molecule has 2 aromatic carbocycles. The number of nitrogens with zero attached hydrogens (tertiary/aromatic N) is 2. The number of para-hydroxylation sites is 1. The fraction of sp³-hybridized carbons (Fsp3) is 0.500. The molecule has 1 unspecified atom stereocenters. The molecule has 0 bridgehead atoms. The van der Waals surface area contributed by atoms with Gasteiger partial charge in [-0.1, -0.05) is 95.0 Å². The van der Waals surface area contributed by atoms with Gasteiger partial charge in [0.1, 0.15) is 0 Å². The van der Waals surface area contributed by atoms with E-state index in [1.54, 1.807) is 4.90 Å². The Hall–Kier alpha value is -3.48. The van der Waals surface area contributed by atoms with E-state index in [-0.39, 0.29) is 17.7 Å². The van der Waals surface area contributed by atoms with Gasteiger partial charge in [-0.2, -0.15) is 0 Å². The topological polar surface area (TPSA) is 105 Å². The number of fused-ring (bicyclic) bond motifs is 1. The third-order valence-corrected chi connectivity index (χ3v) is 7.77. The van der Waals surface area contributed by atoms with Gasteiger partial charge < -0.3 is 16.0 Å². The Labute approximate surface area is 232 Å². The average Bonchev–Trinajstić information content (AvgIpc) is 3.76. The molecule has 0 radical (unpaired) electrons. The Kier molecular flexibility index (Phi) is 9.54. The fourth-order valence-electron chi connectivity index (χ4n) is 5.47. The molecule has 0 aromatic heterocycles. The molecule has 1 fully saturated rings. The van der Waals surface area contributed by atoms with Crippen LogP contribution in [0.3, 0.4) is 0 Å². The Morgan fingerprint density at radius 1 is 1.05 bits per heavy atom. The van der Waals surface area contributed by atoms with E-state index in [2.05, 4.69) is 5.32 Å². The number of amides is 3. The van der Waals surface area contributed by atoms with Crippen molar-refractivity contribution in [2.24, 2.45) is 34.4 Å². The number of unbranched alkanes of at least 4 members (excludes halogenated alkanes) is 1. The zero-order valence-electron chi connectivity index (χ0n) is 23.4. The average molecular weight is 531 g/mol. The number of hydrogen-bond donors (Lipinski definition) is 2. The van der Waals surface area contributed by atoms with Crippen LogP contribution in [0.4, 0.5) is 5.69 Å². The zero-order chi connectivity index (χ0) is 27.9. The van der Waals surface area contributed by atoms with Gasteiger partial charge >= 0.3 is 0 Å². The Morgan fingerprint density at radius 2 is 1.74 bits per heavy atom. The lowest BCUT2D eigenvalue weighted by Crippen LogP contribution is -2.51. The summed E-state index contributed by atoms with van der Waals surface area (Å²) in [7, 11) is 0. The van der Waals surface area contributed by atoms with E-state index in [1.807, 2.05) is 75.4 Å². The molecule has 1 heterocycles. The van der Waals surface area contributed by atoms with E-state index >= 15 is 0 Å². The van der Waals surface area contributed by atoms with Crippen LogP contribution in [0.2, 0.25) is 0 Å². The second kappa shape index (κ2) is 13.0. The quantitative estimate of drug-likeness (QED) is 0.378. The number of primary amides is 1. The lowest BCUT2D eigenvalue weighted by Gasteiger charge is -2.29. The Bertz CT molecular complexity index is 1190. The first-order chi connectivity index (χ1) is 18.8. The maximum absolute atomic E-state index is 14.1. The van der Waals surface area contributed by atoms with Crippen LogP contribution in [0.5, 0.6) is 0 Å².